The molecule has 1 aromatic rings. The third-order valence-corrected chi connectivity index (χ3v) is 4.75. The lowest BCUT2D eigenvalue weighted by molar-refractivity contribution is -0.132. The van der Waals surface area contributed by atoms with Gasteiger partial charge in [-0.15, -0.1) is 11.3 Å². The van der Waals surface area contributed by atoms with Crippen LogP contribution in [0.4, 0.5) is 0 Å². The average Bonchev–Trinajstić information content (AvgIpc) is 3.04. The van der Waals surface area contributed by atoms with Gasteiger partial charge < -0.3 is 4.90 Å². The van der Waals surface area contributed by atoms with Crippen LogP contribution in [-0.4, -0.2) is 23.4 Å². The van der Waals surface area contributed by atoms with E-state index in [1.165, 1.54) is 17.7 Å². The second kappa shape index (κ2) is 6.93. The minimum Gasteiger partial charge on any atom is -0.340 e. The first-order chi connectivity index (χ1) is 8.81. The molecular formula is C15H23NOS. The summed E-state index contributed by atoms with van der Waals surface area (Å²) in [6, 6.07) is 4.80. The fraction of sp³-hybridized carbons (Fsp3) is 0.667. The first kappa shape index (κ1) is 13.6. The number of carbonyl (C=O) groups excluding carboxylic acids is 1. The second-order valence-electron chi connectivity index (χ2n) is 5.08. The third-order valence-electron chi connectivity index (χ3n) is 3.81. The van der Waals surface area contributed by atoms with Crippen molar-refractivity contribution in [2.24, 2.45) is 0 Å². The second-order valence-corrected chi connectivity index (χ2v) is 6.11. The van der Waals surface area contributed by atoms with Crippen molar-refractivity contribution < 1.29 is 4.79 Å². The van der Waals surface area contributed by atoms with Crippen molar-refractivity contribution in [3.63, 3.8) is 0 Å². The molecule has 0 aromatic carbocycles. The van der Waals surface area contributed by atoms with Gasteiger partial charge in [-0.1, -0.05) is 13.0 Å². The van der Waals surface area contributed by atoms with E-state index in [9.17, 15) is 4.79 Å². The summed E-state index contributed by atoms with van der Waals surface area (Å²) in [5.41, 5.74) is 0. The van der Waals surface area contributed by atoms with Crippen LogP contribution in [0.2, 0.25) is 0 Å². The SMILES string of the molecule is CCC1CCCN1C(=O)CCCCc1cccs1. The Hall–Kier alpha value is -0.830. The number of carbonyl (C=O) groups is 1. The molecule has 1 aromatic heterocycles. The maximum Gasteiger partial charge on any atom is 0.222 e. The van der Waals surface area contributed by atoms with E-state index < -0.39 is 0 Å². The van der Waals surface area contributed by atoms with Gasteiger partial charge in [0.2, 0.25) is 5.91 Å². The predicted octanol–water partition coefficient (Wildman–Crippen LogP) is 3.86. The van der Waals surface area contributed by atoms with Crippen molar-refractivity contribution in [1.82, 2.24) is 4.90 Å². The highest BCUT2D eigenvalue weighted by Gasteiger charge is 2.26. The normalized spacial score (nSPS) is 19.4. The van der Waals surface area contributed by atoms with Crippen molar-refractivity contribution >= 4 is 17.2 Å². The molecule has 2 heterocycles. The van der Waals surface area contributed by atoms with Crippen LogP contribution in [-0.2, 0) is 11.2 Å². The van der Waals surface area contributed by atoms with Crippen LogP contribution < -0.4 is 0 Å². The van der Waals surface area contributed by atoms with Crippen molar-refractivity contribution in [3.05, 3.63) is 22.4 Å². The van der Waals surface area contributed by atoms with Crippen LogP contribution in [0.25, 0.3) is 0 Å². The summed E-state index contributed by atoms with van der Waals surface area (Å²) in [4.78, 5) is 15.7. The van der Waals surface area contributed by atoms with E-state index >= 15 is 0 Å². The zero-order chi connectivity index (χ0) is 12.8. The van der Waals surface area contributed by atoms with Gasteiger partial charge in [0.1, 0.15) is 0 Å². The van der Waals surface area contributed by atoms with Crippen molar-refractivity contribution in [2.75, 3.05) is 6.54 Å². The van der Waals surface area contributed by atoms with Gasteiger partial charge in [0.25, 0.3) is 0 Å². The fourth-order valence-corrected chi connectivity index (χ4v) is 3.51. The molecule has 1 amide bonds. The lowest BCUT2D eigenvalue weighted by atomic mass is 10.1. The van der Waals surface area contributed by atoms with Crippen LogP contribution in [0.3, 0.4) is 0 Å². The van der Waals surface area contributed by atoms with Gasteiger partial charge >= 0.3 is 0 Å². The number of hydrogen-bond acceptors (Lipinski definition) is 2. The summed E-state index contributed by atoms with van der Waals surface area (Å²) >= 11 is 1.82. The molecule has 18 heavy (non-hydrogen) atoms. The molecule has 0 saturated carbocycles. The Morgan fingerprint density at radius 3 is 3.11 bits per heavy atom. The van der Waals surface area contributed by atoms with E-state index in [1.807, 2.05) is 11.3 Å². The van der Waals surface area contributed by atoms with Gasteiger partial charge in [0, 0.05) is 23.9 Å². The molecule has 1 aliphatic heterocycles. The van der Waals surface area contributed by atoms with Gasteiger partial charge in [-0.25, -0.2) is 0 Å². The van der Waals surface area contributed by atoms with Crippen LogP contribution in [0.15, 0.2) is 17.5 Å². The lowest BCUT2D eigenvalue weighted by Crippen LogP contribution is -2.34. The monoisotopic (exact) mass is 265 g/mol. The molecule has 1 fully saturated rings. The molecule has 3 heteroatoms. The minimum atomic E-state index is 0.380. The summed E-state index contributed by atoms with van der Waals surface area (Å²) in [5, 5.41) is 2.12. The Bertz CT molecular complexity index is 361. The van der Waals surface area contributed by atoms with Crippen LogP contribution in [0, 0.1) is 0 Å². The van der Waals surface area contributed by atoms with Crippen molar-refractivity contribution in [3.8, 4) is 0 Å². The molecular weight excluding hydrogens is 242 g/mol. The Morgan fingerprint density at radius 2 is 2.39 bits per heavy atom. The fourth-order valence-electron chi connectivity index (χ4n) is 2.76. The smallest absolute Gasteiger partial charge is 0.222 e. The Balaban J connectivity index is 1.65. The van der Waals surface area contributed by atoms with Crippen LogP contribution in [0.5, 0.6) is 0 Å². The van der Waals surface area contributed by atoms with E-state index in [2.05, 4.69) is 29.3 Å². The molecule has 2 nitrogen and oxygen atoms in total. The van der Waals surface area contributed by atoms with Gasteiger partial charge in [-0.2, -0.15) is 0 Å². The number of aryl methyl sites for hydroxylation is 1. The first-order valence-corrected chi connectivity index (χ1v) is 8.01. The Kier molecular flexibility index (Phi) is 5.24. The minimum absolute atomic E-state index is 0.380. The molecule has 100 valence electrons. The molecule has 0 bridgehead atoms. The zero-order valence-electron chi connectivity index (χ0n) is 11.2. The van der Waals surface area contributed by atoms with Gasteiger partial charge in [-0.05, 0) is 50.0 Å². The van der Waals surface area contributed by atoms with E-state index in [0.717, 1.165) is 38.6 Å². The Labute approximate surface area is 114 Å². The van der Waals surface area contributed by atoms with Crippen LogP contribution >= 0.6 is 11.3 Å². The maximum absolute atomic E-state index is 12.1. The topological polar surface area (TPSA) is 20.3 Å². The Morgan fingerprint density at radius 1 is 1.50 bits per heavy atom. The number of hydrogen-bond donors (Lipinski definition) is 0. The van der Waals surface area contributed by atoms with Gasteiger partial charge in [0.05, 0.1) is 0 Å². The number of thiophene rings is 1. The lowest BCUT2D eigenvalue weighted by Gasteiger charge is -2.23. The standard InChI is InChI=1S/C15H23NOS/c1-2-13-7-5-11-16(13)15(17)10-4-3-8-14-9-6-12-18-14/h6,9,12-13H,2-5,7-8,10-11H2,1H3. The molecule has 0 aliphatic carbocycles. The molecule has 2 rings (SSSR count). The summed E-state index contributed by atoms with van der Waals surface area (Å²) in [7, 11) is 0. The zero-order valence-corrected chi connectivity index (χ0v) is 12.0. The quantitative estimate of drug-likeness (QED) is 0.715. The van der Waals surface area contributed by atoms with Gasteiger partial charge in [0.15, 0.2) is 0 Å². The van der Waals surface area contributed by atoms with Crippen molar-refractivity contribution in [1.29, 1.82) is 0 Å². The highest BCUT2D eigenvalue weighted by atomic mass is 32.1. The molecule has 0 radical (unpaired) electrons. The highest BCUT2D eigenvalue weighted by molar-refractivity contribution is 7.09. The molecule has 1 atom stereocenters. The number of nitrogens with zero attached hydrogens (tertiary/aromatic N) is 1. The van der Waals surface area contributed by atoms with Crippen LogP contribution in [0.1, 0.15) is 50.3 Å². The van der Waals surface area contributed by atoms with E-state index in [1.54, 1.807) is 0 Å². The van der Waals surface area contributed by atoms with E-state index in [-0.39, 0.29) is 0 Å². The maximum atomic E-state index is 12.1. The van der Waals surface area contributed by atoms with Crippen molar-refractivity contribution in [2.45, 2.75) is 57.9 Å². The number of rotatable bonds is 6. The largest absolute Gasteiger partial charge is 0.340 e. The van der Waals surface area contributed by atoms with E-state index in [4.69, 9.17) is 0 Å². The number of likely N-dealkylation sites (tertiary alicyclic amines) is 1. The highest BCUT2D eigenvalue weighted by Crippen LogP contribution is 2.21. The molecule has 0 spiro atoms. The van der Waals surface area contributed by atoms with Gasteiger partial charge in [-0.3, -0.25) is 4.79 Å². The molecule has 1 unspecified atom stereocenters. The summed E-state index contributed by atoms with van der Waals surface area (Å²) < 4.78 is 0. The number of amides is 1. The molecule has 1 aliphatic rings. The molecule has 0 N–H and O–H groups in total. The summed E-state index contributed by atoms with van der Waals surface area (Å²) in [5.74, 6) is 0.380. The average molecular weight is 265 g/mol. The van der Waals surface area contributed by atoms with E-state index in [0.29, 0.717) is 11.9 Å². The summed E-state index contributed by atoms with van der Waals surface area (Å²) in [6.07, 6.45) is 7.54. The first-order valence-electron chi connectivity index (χ1n) is 7.13. The summed E-state index contributed by atoms with van der Waals surface area (Å²) in [6.45, 7) is 3.18. The number of unbranched alkanes of at least 4 members (excludes halogenated alkanes) is 1. The molecule has 1 saturated heterocycles. The third kappa shape index (κ3) is 3.58. The predicted molar refractivity (Wildman–Crippen MR) is 76.9 cm³/mol.